The summed E-state index contributed by atoms with van der Waals surface area (Å²) in [4.78, 5) is 27.7. The lowest BCUT2D eigenvalue weighted by Crippen LogP contribution is -2.45. The number of carbonyl (C=O) groups is 2. The standard InChI is InChI=1S/C24H27N3O3/c1-3-27(4-2)20-14-12-19(13-15-20)25-23(28)21(17-18-9-6-5-7-10-18)26-24(29)22-11-8-16-30-22/h5-16,21H,3-4,17H2,1-2H3,(H,25,28)(H,26,29)/t21-/m1/s1. The molecule has 2 aromatic carbocycles. The predicted molar refractivity (Wildman–Crippen MR) is 119 cm³/mol. The molecule has 30 heavy (non-hydrogen) atoms. The van der Waals surface area contributed by atoms with Gasteiger partial charge >= 0.3 is 0 Å². The summed E-state index contributed by atoms with van der Waals surface area (Å²) in [6, 6.07) is 19.8. The van der Waals surface area contributed by atoms with Crippen molar-refractivity contribution in [2.24, 2.45) is 0 Å². The first-order chi connectivity index (χ1) is 14.6. The molecule has 6 nitrogen and oxygen atoms in total. The van der Waals surface area contributed by atoms with E-state index in [-0.39, 0.29) is 11.7 Å². The third-order valence-corrected chi connectivity index (χ3v) is 4.91. The van der Waals surface area contributed by atoms with Crippen molar-refractivity contribution in [3.8, 4) is 0 Å². The molecule has 1 heterocycles. The highest BCUT2D eigenvalue weighted by molar-refractivity contribution is 6.00. The highest BCUT2D eigenvalue weighted by atomic mass is 16.3. The van der Waals surface area contributed by atoms with Gasteiger partial charge in [0.2, 0.25) is 5.91 Å². The van der Waals surface area contributed by atoms with Crippen molar-refractivity contribution >= 4 is 23.2 Å². The lowest BCUT2D eigenvalue weighted by Gasteiger charge is -2.22. The summed E-state index contributed by atoms with van der Waals surface area (Å²) >= 11 is 0. The van der Waals surface area contributed by atoms with Crippen molar-refractivity contribution in [3.63, 3.8) is 0 Å². The predicted octanol–water partition coefficient (Wildman–Crippen LogP) is 4.11. The second kappa shape index (κ2) is 10.3. The normalized spacial score (nSPS) is 11.5. The molecule has 2 N–H and O–H groups in total. The SMILES string of the molecule is CCN(CC)c1ccc(NC(=O)[C@@H](Cc2ccccc2)NC(=O)c2ccco2)cc1. The molecule has 6 heteroatoms. The summed E-state index contributed by atoms with van der Waals surface area (Å²) < 4.78 is 5.15. The first kappa shape index (κ1) is 21.2. The van der Waals surface area contributed by atoms with E-state index in [4.69, 9.17) is 4.42 Å². The zero-order chi connectivity index (χ0) is 21.3. The van der Waals surface area contributed by atoms with E-state index in [9.17, 15) is 9.59 Å². The van der Waals surface area contributed by atoms with Crippen LogP contribution in [0.2, 0.25) is 0 Å². The van der Waals surface area contributed by atoms with Crippen LogP contribution in [0.3, 0.4) is 0 Å². The summed E-state index contributed by atoms with van der Waals surface area (Å²) in [6.07, 6.45) is 1.80. The Morgan fingerprint density at radius 2 is 1.63 bits per heavy atom. The molecule has 3 aromatic rings. The molecule has 0 fully saturated rings. The first-order valence-electron chi connectivity index (χ1n) is 10.1. The second-order valence-electron chi connectivity index (χ2n) is 6.90. The number of hydrogen-bond acceptors (Lipinski definition) is 4. The van der Waals surface area contributed by atoms with E-state index in [1.165, 1.54) is 6.26 Å². The van der Waals surface area contributed by atoms with Crippen LogP contribution in [0.15, 0.2) is 77.4 Å². The number of rotatable bonds is 9. The van der Waals surface area contributed by atoms with Gasteiger partial charge in [-0.2, -0.15) is 0 Å². The highest BCUT2D eigenvalue weighted by Gasteiger charge is 2.23. The number of benzene rings is 2. The minimum atomic E-state index is -0.743. The Morgan fingerprint density at radius 3 is 2.23 bits per heavy atom. The molecular formula is C24H27N3O3. The van der Waals surface area contributed by atoms with E-state index in [0.29, 0.717) is 12.1 Å². The number of hydrogen-bond donors (Lipinski definition) is 2. The quantitative estimate of drug-likeness (QED) is 0.562. The molecule has 0 aliphatic heterocycles. The number of anilines is 2. The minimum absolute atomic E-state index is 0.171. The van der Waals surface area contributed by atoms with Crippen molar-refractivity contribution in [2.45, 2.75) is 26.3 Å². The third kappa shape index (κ3) is 5.50. The maximum Gasteiger partial charge on any atom is 0.287 e. The fourth-order valence-electron chi connectivity index (χ4n) is 3.27. The van der Waals surface area contributed by atoms with Crippen molar-refractivity contribution in [1.82, 2.24) is 5.32 Å². The number of nitrogens with zero attached hydrogens (tertiary/aromatic N) is 1. The number of carbonyl (C=O) groups excluding carboxylic acids is 2. The molecule has 1 aromatic heterocycles. The molecule has 0 radical (unpaired) electrons. The van der Waals surface area contributed by atoms with Crippen molar-refractivity contribution in [3.05, 3.63) is 84.3 Å². The molecular weight excluding hydrogens is 378 g/mol. The Morgan fingerprint density at radius 1 is 0.933 bits per heavy atom. The van der Waals surface area contributed by atoms with E-state index in [0.717, 1.165) is 24.3 Å². The summed E-state index contributed by atoms with van der Waals surface area (Å²) in [5, 5.41) is 5.70. The molecule has 0 unspecified atom stereocenters. The van der Waals surface area contributed by atoms with Crippen LogP contribution < -0.4 is 15.5 Å². The minimum Gasteiger partial charge on any atom is -0.459 e. The van der Waals surface area contributed by atoms with Crippen LogP contribution in [0.1, 0.15) is 30.0 Å². The van der Waals surface area contributed by atoms with E-state index in [2.05, 4.69) is 29.4 Å². The smallest absolute Gasteiger partial charge is 0.287 e. The Balaban J connectivity index is 1.73. The molecule has 0 bridgehead atoms. The summed E-state index contributed by atoms with van der Waals surface area (Å²) in [5.41, 5.74) is 2.74. The highest BCUT2D eigenvalue weighted by Crippen LogP contribution is 2.18. The van der Waals surface area contributed by atoms with Gasteiger partial charge in [0, 0.05) is 30.9 Å². The second-order valence-corrected chi connectivity index (χ2v) is 6.90. The zero-order valence-corrected chi connectivity index (χ0v) is 17.3. The Hall–Kier alpha value is -3.54. The molecule has 0 spiro atoms. The van der Waals surface area contributed by atoms with Crippen molar-refractivity contribution < 1.29 is 14.0 Å². The Kier molecular flexibility index (Phi) is 7.27. The summed E-state index contributed by atoms with van der Waals surface area (Å²) in [5.74, 6) is -0.535. The van der Waals surface area contributed by atoms with Gasteiger partial charge in [-0.15, -0.1) is 0 Å². The van der Waals surface area contributed by atoms with Crippen LogP contribution in [0, 0.1) is 0 Å². The molecule has 0 saturated heterocycles. The van der Waals surface area contributed by atoms with E-state index in [1.807, 2.05) is 54.6 Å². The molecule has 156 valence electrons. The van der Waals surface area contributed by atoms with Gasteiger partial charge in [-0.25, -0.2) is 0 Å². The van der Waals surface area contributed by atoms with Crippen LogP contribution in [0.5, 0.6) is 0 Å². The molecule has 1 atom stereocenters. The molecule has 3 rings (SSSR count). The Bertz CT molecular complexity index is 934. The number of nitrogens with one attached hydrogen (secondary N) is 2. The lowest BCUT2D eigenvalue weighted by atomic mass is 10.0. The van der Waals surface area contributed by atoms with Crippen LogP contribution in [0.25, 0.3) is 0 Å². The zero-order valence-electron chi connectivity index (χ0n) is 17.3. The van der Waals surface area contributed by atoms with Gasteiger partial charge in [-0.05, 0) is 55.8 Å². The largest absolute Gasteiger partial charge is 0.459 e. The van der Waals surface area contributed by atoms with Gasteiger partial charge in [0.25, 0.3) is 5.91 Å². The lowest BCUT2D eigenvalue weighted by molar-refractivity contribution is -0.118. The van der Waals surface area contributed by atoms with Crippen LogP contribution in [-0.4, -0.2) is 30.9 Å². The van der Waals surface area contributed by atoms with Gasteiger partial charge in [-0.3, -0.25) is 9.59 Å². The topological polar surface area (TPSA) is 74.6 Å². The van der Waals surface area contributed by atoms with Crippen LogP contribution in [0.4, 0.5) is 11.4 Å². The van der Waals surface area contributed by atoms with E-state index in [1.54, 1.807) is 12.1 Å². The van der Waals surface area contributed by atoms with Gasteiger partial charge in [0.1, 0.15) is 6.04 Å². The van der Waals surface area contributed by atoms with Crippen LogP contribution >= 0.6 is 0 Å². The fourth-order valence-corrected chi connectivity index (χ4v) is 3.27. The van der Waals surface area contributed by atoms with Gasteiger partial charge in [0.05, 0.1) is 6.26 Å². The average molecular weight is 405 g/mol. The molecule has 2 amide bonds. The monoisotopic (exact) mass is 405 g/mol. The number of amides is 2. The first-order valence-corrected chi connectivity index (χ1v) is 10.1. The van der Waals surface area contributed by atoms with Gasteiger partial charge in [-0.1, -0.05) is 30.3 Å². The number of furan rings is 1. The van der Waals surface area contributed by atoms with Crippen molar-refractivity contribution in [1.29, 1.82) is 0 Å². The fraction of sp³-hybridized carbons (Fsp3) is 0.250. The van der Waals surface area contributed by atoms with Gasteiger partial charge < -0.3 is 20.0 Å². The van der Waals surface area contributed by atoms with E-state index >= 15 is 0 Å². The molecule has 0 aliphatic rings. The summed E-state index contributed by atoms with van der Waals surface area (Å²) in [7, 11) is 0. The molecule has 0 aliphatic carbocycles. The van der Waals surface area contributed by atoms with Gasteiger partial charge in [0.15, 0.2) is 5.76 Å². The Labute approximate surface area is 176 Å². The summed E-state index contributed by atoms with van der Waals surface area (Å²) in [6.45, 7) is 6.05. The maximum atomic E-state index is 13.0. The van der Waals surface area contributed by atoms with E-state index < -0.39 is 11.9 Å². The average Bonchev–Trinajstić information content (AvgIpc) is 3.31. The maximum absolute atomic E-state index is 13.0. The van der Waals surface area contributed by atoms with Crippen molar-refractivity contribution in [2.75, 3.05) is 23.3 Å². The molecule has 0 saturated carbocycles. The third-order valence-electron chi connectivity index (χ3n) is 4.91. The van der Waals surface area contributed by atoms with Crippen LogP contribution in [-0.2, 0) is 11.2 Å².